The molecule has 0 heterocycles. The Morgan fingerprint density at radius 3 is 2.48 bits per heavy atom. The second kappa shape index (κ2) is 7.38. The Morgan fingerprint density at radius 2 is 1.90 bits per heavy atom. The van der Waals surface area contributed by atoms with E-state index in [1.165, 1.54) is 6.07 Å². The Morgan fingerprint density at radius 1 is 1.14 bits per heavy atom. The molecule has 0 amide bonds. The lowest BCUT2D eigenvalue weighted by Crippen LogP contribution is -2.22. The van der Waals surface area contributed by atoms with Gasteiger partial charge in [-0.25, -0.2) is 4.39 Å². The van der Waals surface area contributed by atoms with Crippen LogP contribution in [0.15, 0.2) is 45.3 Å². The van der Waals surface area contributed by atoms with Gasteiger partial charge in [-0.2, -0.15) is 0 Å². The van der Waals surface area contributed by atoms with E-state index in [1.807, 2.05) is 25.1 Å². The highest BCUT2D eigenvalue weighted by Gasteiger charge is 2.17. The van der Waals surface area contributed by atoms with E-state index in [9.17, 15) is 4.39 Å². The van der Waals surface area contributed by atoms with Crippen molar-refractivity contribution in [2.75, 3.05) is 13.7 Å². The molecular weight excluding hydrogens is 401 g/mol. The first-order chi connectivity index (χ1) is 10.1. The molecule has 0 aliphatic heterocycles. The molecule has 0 aromatic heterocycles. The first-order valence-electron chi connectivity index (χ1n) is 6.58. The van der Waals surface area contributed by atoms with Crippen LogP contribution in [-0.4, -0.2) is 13.7 Å². The molecule has 2 nitrogen and oxygen atoms in total. The van der Waals surface area contributed by atoms with Gasteiger partial charge in [-0.15, -0.1) is 0 Å². The van der Waals surface area contributed by atoms with E-state index in [0.29, 0.717) is 4.47 Å². The predicted molar refractivity (Wildman–Crippen MR) is 90.3 cm³/mol. The standard InChI is InChI=1S/C16H16Br2FNO/c1-3-20-16(10-4-7-15(19)14(18)8-10)12-6-5-11(21-2)9-13(12)17/h4-9,16,20H,3H2,1-2H3. The van der Waals surface area contributed by atoms with Crippen LogP contribution in [0.2, 0.25) is 0 Å². The molecule has 0 fully saturated rings. The number of nitrogens with one attached hydrogen (secondary N) is 1. The fraction of sp³-hybridized carbons (Fsp3) is 0.250. The Labute approximate surface area is 141 Å². The maximum absolute atomic E-state index is 13.4. The van der Waals surface area contributed by atoms with E-state index in [-0.39, 0.29) is 11.9 Å². The minimum absolute atomic E-state index is 0.0211. The summed E-state index contributed by atoms with van der Waals surface area (Å²) in [5, 5.41) is 3.43. The quantitative estimate of drug-likeness (QED) is 0.735. The van der Waals surface area contributed by atoms with E-state index in [0.717, 1.165) is 27.9 Å². The van der Waals surface area contributed by atoms with Crippen molar-refractivity contribution >= 4 is 31.9 Å². The highest BCUT2D eigenvalue weighted by Crippen LogP contribution is 2.32. The highest BCUT2D eigenvalue weighted by atomic mass is 79.9. The Hall–Kier alpha value is -0.910. The number of hydrogen-bond acceptors (Lipinski definition) is 2. The number of methoxy groups -OCH3 is 1. The van der Waals surface area contributed by atoms with Crippen LogP contribution in [0.5, 0.6) is 5.75 Å². The number of halogens is 3. The summed E-state index contributed by atoms with van der Waals surface area (Å²) in [6, 6.07) is 10.9. The van der Waals surface area contributed by atoms with Crippen LogP contribution in [0.4, 0.5) is 4.39 Å². The van der Waals surface area contributed by atoms with Gasteiger partial charge in [0.25, 0.3) is 0 Å². The van der Waals surface area contributed by atoms with Crippen LogP contribution in [-0.2, 0) is 0 Å². The van der Waals surface area contributed by atoms with E-state index in [2.05, 4.69) is 37.2 Å². The zero-order chi connectivity index (χ0) is 15.4. The summed E-state index contributed by atoms with van der Waals surface area (Å²) in [5.41, 5.74) is 2.08. The molecule has 0 saturated carbocycles. The van der Waals surface area contributed by atoms with Gasteiger partial charge in [-0.1, -0.05) is 35.0 Å². The summed E-state index contributed by atoms with van der Waals surface area (Å²) < 4.78 is 20.1. The minimum atomic E-state index is -0.261. The summed E-state index contributed by atoms with van der Waals surface area (Å²) in [6.45, 7) is 2.85. The van der Waals surface area contributed by atoms with E-state index in [1.54, 1.807) is 19.2 Å². The summed E-state index contributed by atoms with van der Waals surface area (Å²) >= 11 is 6.83. The highest BCUT2D eigenvalue weighted by molar-refractivity contribution is 9.10. The normalized spacial score (nSPS) is 12.2. The molecule has 112 valence electrons. The number of ether oxygens (including phenoxy) is 1. The first kappa shape index (κ1) is 16.5. The molecular formula is C16H16Br2FNO. The molecule has 0 saturated heterocycles. The first-order valence-corrected chi connectivity index (χ1v) is 8.17. The fourth-order valence-electron chi connectivity index (χ4n) is 2.17. The Bertz CT molecular complexity index is 634. The van der Waals surface area contributed by atoms with Gasteiger partial charge in [0.15, 0.2) is 0 Å². The summed E-state index contributed by atoms with van der Waals surface area (Å²) in [7, 11) is 1.64. The van der Waals surface area contributed by atoms with Crippen molar-refractivity contribution in [3.63, 3.8) is 0 Å². The van der Waals surface area contributed by atoms with Gasteiger partial charge in [-0.3, -0.25) is 0 Å². The maximum atomic E-state index is 13.4. The van der Waals surface area contributed by atoms with E-state index < -0.39 is 0 Å². The second-order valence-electron chi connectivity index (χ2n) is 4.55. The predicted octanol–water partition coefficient (Wildman–Crippen LogP) is 5.06. The van der Waals surface area contributed by atoms with Gasteiger partial charge < -0.3 is 10.1 Å². The topological polar surface area (TPSA) is 21.3 Å². The van der Waals surface area contributed by atoms with Crippen molar-refractivity contribution in [2.24, 2.45) is 0 Å². The van der Waals surface area contributed by atoms with E-state index >= 15 is 0 Å². The van der Waals surface area contributed by atoms with Gasteiger partial charge >= 0.3 is 0 Å². The Balaban J connectivity index is 2.45. The van der Waals surface area contributed by atoms with E-state index in [4.69, 9.17) is 4.74 Å². The molecule has 2 aromatic rings. The Kier molecular flexibility index (Phi) is 5.79. The summed E-state index contributed by atoms with van der Waals surface area (Å²) in [6.07, 6.45) is 0. The third-order valence-electron chi connectivity index (χ3n) is 3.20. The molecule has 0 aliphatic carbocycles. The smallest absolute Gasteiger partial charge is 0.137 e. The molecule has 5 heteroatoms. The average Bonchev–Trinajstić information content (AvgIpc) is 2.48. The molecule has 0 spiro atoms. The monoisotopic (exact) mass is 415 g/mol. The molecule has 21 heavy (non-hydrogen) atoms. The van der Waals surface area contributed by atoms with Gasteiger partial charge in [0, 0.05) is 4.47 Å². The van der Waals surface area contributed by atoms with Crippen LogP contribution in [0, 0.1) is 5.82 Å². The maximum Gasteiger partial charge on any atom is 0.137 e. The molecule has 1 atom stereocenters. The zero-order valence-corrected chi connectivity index (χ0v) is 15.0. The molecule has 0 radical (unpaired) electrons. The van der Waals surface area contributed by atoms with Gasteiger partial charge in [0.2, 0.25) is 0 Å². The molecule has 0 bridgehead atoms. The average molecular weight is 417 g/mol. The third kappa shape index (κ3) is 3.84. The lowest BCUT2D eigenvalue weighted by Gasteiger charge is -2.21. The molecule has 1 unspecified atom stereocenters. The van der Waals surface area contributed by atoms with Crippen LogP contribution in [0.25, 0.3) is 0 Å². The lowest BCUT2D eigenvalue weighted by molar-refractivity contribution is 0.414. The van der Waals surface area contributed by atoms with Crippen molar-refractivity contribution in [3.05, 3.63) is 62.3 Å². The molecule has 2 rings (SSSR count). The van der Waals surface area contributed by atoms with Crippen molar-refractivity contribution < 1.29 is 9.13 Å². The zero-order valence-electron chi connectivity index (χ0n) is 11.8. The number of hydrogen-bond donors (Lipinski definition) is 1. The number of rotatable bonds is 5. The van der Waals surface area contributed by atoms with Crippen LogP contribution < -0.4 is 10.1 Å². The lowest BCUT2D eigenvalue weighted by atomic mass is 9.98. The molecule has 2 aromatic carbocycles. The minimum Gasteiger partial charge on any atom is -0.497 e. The summed E-state index contributed by atoms with van der Waals surface area (Å²) in [4.78, 5) is 0. The van der Waals surface area contributed by atoms with Gasteiger partial charge in [-0.05, 0) is 57.9 Å². The number of benzene rings is 2. The van der Waals surface area contributed by atoms with Crippen LogP contribution >= 0.6 is 31.9 Å². The van der Waals surface area contributed by atoms with Crippen molar-refractivity contribution in [2.45, 2.75) is 13.0 Å². The van der Waals surface area contributed by atoms with Gasteiger partial charge in [0.05, 0.1) is 17.6 Å². The van der Waals surface area contributed by atoms with Crippen molar-refractivity contribution in [1.29, 1.82) is 0 Å². The molecule has 1 N–H and O–H groups in total. The third-order valence-corrected chi connectivity index (χ3v) is 4.50. The fourth-order valence-corrected chi connectivity index (χ4v) is 3.16. The SMILES string of the molecule is CCNC(c1ccc(F)c(Br)c1)c1ccc(OC)cc1Br. The van der Waals surface area contributed by atoms with Crippen LogP contribution in [0.1, 0.15) is 24.1 Å². The summed E-state index contributed by atoms with van der Waals surface area (Å²) in [5.74, 6) is 0.531. The van der Waals surface area contributed by atoms with Crippen molar-refractivity contribution in [1.82, 2.24) is 5.32 Å². The second-order valence-corrected chi connectivity index (χ2v) is 6.26. The van der Waals surface area contributed by atoms with Crippen LogP contribution in [0.3, 0.4) is 0 Å². The largest absolute Gasteiger partial charge is 0.497 e. The van der Waals surface area contributed by atoms with Crippen molar-refractivity contribution in [3.8, 4) is 5.75 Å². The molecule has 0 aliphatic rings. The van der Waals surface area contributed by atoms with Gasteiger partial charge in [0.1, 0.15) is 11.6 Å².